The number of halogens is 2. The number of hydrogen-bond donors (Lipinski definition) is 3. The predicted octanol–water partition coefficient (Wildman–Crippen LogP) is 3.24. The first-order valence-electron chi connectivity index (χ1n) is 5.71. The number of carbonyl (C=O) groups is 2. The van der Waals surface area contributed by atoms with Gasteiger partial charge in [0.25, 0.3) is 5.91 Å². The second-order valence-corrected chi connectivity index (χ2v) is 4.97. The first kappa shape index (κ1) is 15.0. The van der Waals surface area contributed by atoms with E-state index in [4.69, 9.17) is 10.2 Å². The van der Waals surface area contributed by atoms with Crippen molar-refractivity contribution >= 4 is 33.5 Å². The highest BCUT2D eigenvalue weighted by atomic mass is 79.9. The zero-order chi connectivity index (χ0) is 15.6. The molecule has 0 aliphatic carbocycles. The fourth-order valence-electron chi connectivity index (χ4n) is 1.63. The Morgan fingerprint density at radius 3 is 2.48 bits per heavy atom. The SMILES string of the molecule is O=C(O)c1ccc(Br)c(NC(=O)c2ccc(O)cc2F)c1. The molecule has 0 heterocycles. The van der Waals surface area contributed by atoms with Crippen LogP contribution in [-0.2, 0) is 0 Å². The van der Waals surface area contributed by atoms with Gasteiger partial charge >= 0.3 is 5.97 Å². The van der Waals surface area contributed by atoms with Crippen molar-refractivity contribution in [3.8, 4) is 5.75 Å². The maximum atomic E-state index is 13.6. The maximum absolute atomic E-state index is 13.6. The van der Waals surface area contributed by atoms with Crippen LogP contribution >= 0.6 is 15.9 Å². The first-order valence-corrected chi connectivity index (χ1v) is 6.50. The Kier molecular flexibility index (Phi) is 4.23. The van der Waals surface area contributed by atoms with E-state index in [0.717, 1.165) is 12.1 Å². The quantitative estimate of drug-likeness (QED) is 0.790. The molecule has 3 N–H and O–H groups in total. The summed E-state index contributed by atoms with van der Waals surface area (Å²) >= 11 is 3.17. The number of anilines is 1. The van der Waals surface area contributed by atoms with Crippen LogP contribution in [0.3, 0.4) is 0 Å². The van der Waals surface area contributed by atoms with Gasteiger partial charge in [-0.3, -0.25) is 4.79 Å². The van der Waals surface area contributed by atoms with Crippen LogP contribution in [-0.4, -0.2) is 22.1 Å². The summed E-state index contributed by atoms with van der Waals surface area (Å²) in [6, 6.07) is 7.21. The van der Waals surface area contributed by atoms with Crippen molar-refractivity contribution < 1.29 is 24.2 Å². The van der Waals surface area contributed by atoms with Crippen LogP contribution in [0.25, 0.3) is 0 Å². The molecule has 0 aliphatic heterocycles. The number of nitrogens with one attached hydrogen (secondary N) is 1. The molecule has 2 rings (SSSR count). The summed E-state index contributed by atoms with van der Waals surface area (Å²) in [5, 5.41) is 20.4. The third-order valence-electron chi connectivity index (χ3n) is 2.66. The average molecular weight is 354 g/mol. The van der Waals surface area contributed by atoms with Crippen molar-refractivity contribution in [2.75, 3.05) is 5.32 Å². The molecular weight excluding hydrogens is 345 g/mol. The van der Waals surface area contributed by atoms with Crippen LogP contribution < -0.4 is 5.32 Å². The molecule has 0 radical (unpaired) electrons. The van der Waals surface area contributed by atoms with E-state index in [2.05, 4.69) is 21.2 Å². The molecule has 0 aliphatic rings. The topological polar surface area (TPSA) is 86.6 Å². The standard InChI is InChI=1S/C14H9BrFNO4/c15-10-4-1-7(14(20)21)5-12(10)17-13(19)9-3-2-8(18)6-11(9)16/h1-6,18H,(H,17,19)(H,20,21). The first-order chi connectivity index (χ1) is 9.88. The molecule has 0 fully saturated rings. The van der Waals surface area contributed by atoms with Crippen molar-refractivity contribution in [3.63, 3.8) is 0 Å². The van der Waals surface area contributed by atoms with E-state index >= 15 is 0 Å². The van der Waals surface area contributed by atoms with Gasteiger partial charge in [0.05, 0.1) is 16.8 Å². The average Bonchev–Trinajstić information content (AvgIpc) is 2.40. The molecule has 2 aromatic rings. The van der Waals surface area contributed by atoms with E-state index in [-0.39, 0.29) is 22.6 Å². The Balaban J connectivity index is 2.31. The molecule has 0 atom stereocenters. The van der Waals surface area contributed by atoms with Gasteiger partial charge in [-0.1, -0.05) is 0 Å². The molecule has 0 unspecified atom stereocenters. The fourth-order valence-corrected chi connectivity index (χ4v) is 1.98. The molecule has 0 aromatic heterocycles. The number of carboxylic acids is 1. The number of benzene rings is 2. The third kappa shape index (κ3) is 3.38. The highest BCUT2D eigenvalue weighted by molar-refractivity contribution is 9.10. The molecule has 5 nitrogen and oxygen atoms in total. The number of rotatable bonds is 3. The van der Waals surface area contributed by atoms with Gasteiger partial charge in [-0.25, -0.2) is 9.18 Å². The third-order valence-corrected chi connectivity index (χ3v) is 3.35. The van der Waals surface area contributed by atoms with Crippen molar-refractivity contribution in [3.05, 3.63) is 57.8 Å². The molecule has 0 bridgehead atoms. The van der Waals surface area contributed by atoms with Gasteiger partial charge in [0, 0.05) is 10.5 Å². The summed E-state index contributed by atoms with van der Waals surface area (Å²) in [4.78, 5) is 22.9. The van der Waals surface area contributed by atoms with E-state index in [1.165, 1.54) is 24.3 Å². The minimum Gasteiger partial charge on any atom is -0.508 e. The number of carbonyl (C=O) groups excluding carboxylic acids is 1. The Labute approximate surface area is 127 Å². The molecule has 0 saturated heterocycles. The highest BCUT2D eigenvalue weighted by Gasteiger charge is 2.15. The Morgan fingerprint density at radius 2 is 1.86 bits per heavy atom. The summed E-state index contributed by atoms with van der Waals surface area (Å²) in [5.74, 6) is -3.07. The molecule has 2 aromatic carbocycles. The lowest BCUT2D eigenvalue weighted by Gasteiger charge is -2.09. The van der Waals surface area contributed by atoms with Crippen molar-refractivity contribution in [1.29, 1.82) is 0 Å². The zero-order valence-electron chi connectivity index (χ0n) is 10.4. The number of aromatic hydroxyl groups is 1. The van der Waals surface area contributed by atoms with Gasteiger partial charge in [-0.15, -0.1) is 0 Å². The van der Waals surface area contributed by atoms with Gasteiger partial charge in [-0.2, -0.15) is 0 Å². The van der Waals surface area contributed by atoms with Crippen LogP contribution in [0, 0.1) is 5.82 Å². The van der Waals surface area contributed by atoms with E-state index < -0.39 is 17.7 Å². The summed E-state index contributed by atoms with van der Waals surface area (Å²) in [6.07, 6.45) is 0. The predicted molar refractivity (Wildman–Crippen MR) is 77.1 cm³/mol. The molecule has 108 valence electrons. The van der Waals surface area contributed by atoms with E-state index in [0.29, 0.717) is 4.47 Å². The molecule has 0 saturated carbocycles. The normalized spacial score (nSPS) is 10.2. The van der Waals surface area contributed by atoms with Gasteiger partial charge in [0.1, 0.15) is 11.6 Å². The second-order valence-electron chi connectivity index (χ2n) is 4.12. The molecule has 1 amide bonds. The summed E-state index contributed by atoms with van der Waals surface area (Å²) in [7, 11) is 0. The largest absolute Gasteiger partial charge is 0.508 e. The fraction of sp³-hybridized carbons (Fsp3) is 0. The molecule has 0 spiro atoms. The zero-order valence-corrected chi connectivity index (χ0v) is 12.0. The minimum absolute atomic E-state index is 0.0142. The van der Waals surface area contributed by atoms with Crippen LogP contribution in [0.2, 0.25) is 0 Å². The van der Waals surface area contributed by atoms with Gasteiger partial charge in [0.15, 0.2) is 0 Å². The number of amides is 1. The lowest BCUT2D eigenvalue weighted by Crippen LogP contribution is -2.14. The maximum Gasteiger partial charge on any atom is 0.335 e. The van der Waals surface area contributed by atoms with Crippen LogP contribution in [0.5, 0.6) is 5.75 Å². The van der Waals surface area contributed by atoms with Crippen molar-refractivity contribution in [2.45, 2.75) is 0 Å². The summed E-state index contributed by atoms with van der Waals surface area (Å²) in [6.45, 7) is 0. The van der Waals surface area contributed by atoms with Gasteiger partial charge in [0.2, 0.25) is 0 Å². The van der Waals surface area contributed by atoms with E-state index in [1.807, 2.05) is 0 Å². The summed E-state index contributed by atoms with van der Waals surface area (Å²) in [5.41, 5.74) is -0.0764. The van der Waals surface area contributed by atoms with E-state index in [9.17, 15) is 14.0 Å². The molecule has 21 heavy (non-hydrogen) atoms. The number of aromatic carboxylic acids is 1. The number of phenolic OH excluding ortho intramolecular Hbond substituents is 1. The Bertz CT molecular complexity index is 733. The number of phenols is 1. The molecular formula is C14H9BrFNO4. The summed E-state index contributed by atoms with van der Waals surface area (Å²) < 4.78 is 14.0. The number of carboxylic acid groups (broad SMARTS) is 1. The minimum atomic E-state index is -1.14. The highest BCUT2D eigenvalue weighted by Crippen LogP contribution is 2.25. The van der Waals surface area contributed by atoms with Crippen LogP contribution in [0.1, 0.15) is 20.7 Å². The number of hydrogen-bond acceptors (Lipinski definition) is 3. The van der Waals surface area contributed by atoms with Crippen LogP contribution in [0.4, 0.5) is 10.1 Å². The molecule has 7 heteroatoms. The second kappa shape index (κ2) is 5.92. The van der Waals surface area contributed by atoms with Crippen molar-refractivity contribution in [1.82, 2.24) is 0 Å². The van der Waals surface area contributed by atoms with Gasteiger partial charge in [-0.05, 0) is 46.3 Å². The Morgan fingerprint density at radius 1 is 1.14 bits per heavy atom. The lowest BCUT2D eigenvalue weighted by molar-refractivity contribution is 0.0696. The van der Waals surface area contributed by atoms with E-state index in [1.54, 1.807) is 0 Å². The lowest BCUT2D eigenvalue weighted by atomic mass is 10.1. The smallest absolute Gasteiger partial charge is 0.335 e. The Hall–Kier alpha value is -2.41. The monoisotopic (exact) mass is 353 g/mol. The van der Waals surface area contributed by atoms with Gasteiger partial charge < -0.3 is 15.5 Å². The van der Waals surface area contributed by atoms with Crippen molar-refractivity contribution in [2.24, 2.45) is 0 Å². The van der Waals surface area contributed by atoms with Crippen LogP contribution in [0.15, 0.2) is 40.9 Å².